The van der Waals surface area contributed by atoms with E-state index >= 15 is 0 Å². The number of aromatic nitrogens is 1. The van der Waals surface area contributed by atoms with E-state index in [1.807, 2.05) is 13.2 Å². The number of hydrogen-bond donors (Lipinski definition) is 1. The first kappa shape index (κ1) is 11.1. The van der Waals surface area contributed by atoms with Gasteiger partial charge < -0.3 is 10.2 Å². The zero-order valence-corrected chi connectivity index (χ0v) is 9.98. The molecule has 0 aromatic carbocycles. The Morgan fingerprint density at radius 2 is 2.25 bits per heavy atom. The molecule has 1 aliphatic rings. The first-order valence-corrected chi connectivity index (χ1v) is 5.84. The summed E-state index contributed by atoms with van der Waals surface area (Å²) >= 11 is 0. The molecule has 0 spiro atoms. The molecule has 86 valence electrons. The summed E-state index contributed by atoms with van der Waals surface area (Å²) in [5.74, 6) is 0. The van der Waals surface area contributed by atoms with Crippen LogP contribution in [0.15, 0.2) is 30.5 Å². The van der Waals surface area contributed by atoms with Crippen LogP contribution in [0.5, 0.6) is 0 Å². The Bertz CT molecular complexity index is 356. The zero-order chi connectivity index (χ0) is 11.4. The second-order valence-corrected chi connectivity index (χ2v) is 4.16. The molecule has 0 saturated heterocycles. The van der Waals surface area contributed by atoms with Crippen molar-refractivity contribution in [2.75, 3.05) is 25.0 Å². The van der Waals surface area contributed by atoms with Gasteiger partial charge in [0.25, 0.3) is 0 Å². The van der Waals surface area contributed by atoms with Crippen LogP contribution < -0.4 is 10.2 Å². The van der Waals surface area contributed by atoms with Gasteiger partial charge in [0, 0.05) is 19.1 Å². The summed E-state index contributed by atoms with van der Waals surface area (Å²) in [5.41, 5.74) is 2.32. The number of hydrogen-bond acceptors (Lipinski definition) is 3. The van der Waals surface area contributed by atoms with Gasteiger partial charge in [0.05, 0.1) is 17.6 Å². The number of pyridine rings is 1. The van der Waals surface area contributed by atoms with Crippen LogP contribution in [0, 0.1) is 0 Å². The van der Waals surface area contributed by atoms with E-state index in [2.05, 4.69) is 46.4 Å². The second kappa shape index (κ2) is 5.12. The third-order valence-corrected chi connectivity index (χ3v) is 3.07. The fraction of sp³-hybridized carbons (Fsp3) is 0.462. The minimum Gasteiger partial charge on any atom is -0.366 e. The quantitative estimate of drug-likeness (QED) is 0.786. The Kier molecular flexibility index (Phi) is 3.57. The highest BCUT2D eigenvalue weighted by molar-refractivity contribution is 5.46. The van der Waals surface area contributed by atoms with Gasteiger partial charge in [-0.25, -0.2) is 0 Å². The molecule has 16 heavy (non-hydrogen) atoms. The normalized spacial score (nSPS) is 17.5. The molecule has 0 radical (unpaired) electrons. The van der Waals surface area contributed by atoms with Gasteiger partial charge in [0.1, 0.15) is 0 Å². The van der Waals surface area contributed by atoms with Gasteiger partial charge in [0.15, 0.2) is 0 Å². The van der Waals surface area contributed by atoms with Gasteiger partial charge in [-0.1, -0.05) is 12.2 Å². The molecule has 0 saturated carbocycles. The van der Waals surface area contributed by atoms with Crippen LogP contribution >= 0.6 is 0 Å². The molecule has 1 N–H and O–H groups in total. The van der Waals surface area contributed by atoms with Crippen LogP contribution in [0.1, 0.15) is 25.1 Å². The second-order valence-electron chi connectivity index (χ2n) is 4.16. The molecule has 0 aliphatic carbocycles. The van der Waals surface area contributed by atoms with Crippen molar-refractivity contribution < 1.29 is 0 Å². The highest BCUT2D eigenvalue weighted by atomic mass is 15.1. The van der Waals surface area contributed by atoms with Crippen molar-refractivity contribution in [1.82, 2.24) is 10.3 Å². The average Bonchev–Trinajstić information content (AvgIpc) is 2.39. The highest BCUT2D eigenvalue weighted by Crippen LogP contribution is 2.18. The maximum atomic E-state index is 4.50. The van der Waals surface area contributed by atoms with Crippen molar-refractivity contribution in [2.45, 2.75) is 19.4 Å². The summed E-state index contributed by atoms with van der Waals surface area (Å²) in [6.07, 6.45) is 7.56. The monoisotopic (exact) mass is 217 g/mol. The Morgan fingerprint density at radius 1 is 1.38 bits per heavy atom. The van der Waals surface area contributed by atoms with E-state index < -0.39 is 0 Å². The predicted molar refractivity (Wildman–Crippen MR) is 67.7 cm³/mol. The molecule has 2 rings (SSSR count). The number of nitrogens with zero attached hydrogens (tertiary/aromatic N) is 2. The topological polar surface area (TPSA) is 28.2 Å². The molecular formula is C13H19N3. The summed E-state index contributed by atoms with van der Waals surface area (Å²) in [6, 6.07) is 4.58. The van der Waals surface area contributed by atoms with Crippen molar-refractivity contribution >= 4 is 5.69 Å². The molecule has 1 aromatic rings. The summed E-state index contributed by atoms with van der Waals surface area (Å²) in [4.78, 5) is 6.84. The van der Waals surface area contributed by atoms with Crippen molar-refractivity contribution in [3.63, 3.8) is 0 Å². The maximum absolute atomic E-state index is 4.50. The molecule has 0 fully saturated rings. The lowest BCUT2D eigenvalue weighted by Crippen LogP contribution is -2.26. The molecule has 2 heterocycles. The highest BCUT2D eigenvalue weighted by Gasteiger charge is 2.09. The van der Waals surface area contributed by atoms with Gasteiger partial charge in [-0.15, -0.1) is 0 Å². The van der Waals surface area contributed by atoms with E-state index in [1.54, 1.807) is 0 Å². The molecule has 0 amide bonds. The largest absolute Gasteiger partial charge is 0.366 e. The molecule has 1 aliphatic heterocycles. The Hall–Kier alpha value is -1.35. The molecule has 1 aromatic heterocycles. The fourth-order valence-electron chi connectivity index (χ4n) is 1.86. The lowest BCUT2D eigenvalue weighted by atomic mass is 10.2. The van der Waals surface area contributed by atoms with E-state index in [0.29, 0.717) is 6.04 Å². The Balaban J connectivity index is 2.09. The first-order valence-electron chi connectivity index (χ1n) is 5.84. The van der Waals surface area contributed by atoms with Crippen LogP contribution in [0.25, 0.3) is 0 Å². The average molecular weight is 217 g/mol. The standard InChI is InChI=1S/C13H19N3/c1-11(14-2)13-7-6-12(10-15-13)16-8-4-3-5-9-16/h3-4,6-7,10-11,14H,5,8-9H2,1-2H3. The van der Waals surface area contributed by atoms with E-state index in [1.165, 1.54) is 5.69 Å². The van der Waals surface area contributed by atoms with Gasteiger partial charge in [-0.3, -0.25) is 4.98 Å². The fourth-order valence-corrected chi connectivity index (χ4v) is 1.86. The maximum Gasteiger partial charge on any atom is 0.0571 e. The SMILES string of the molecule is CNC(C)c1ccc(N2CC=CCC2)cn1. The third kappa shape index (κ3) is 2.42. The molecule has 0 bridgehead atoms. The van der Waals surface area contributed by atoms with Gasteiger partial charge in [-0.2, -0.15) is 0 Å². The molecular weight excluding hydrogens is 198 g/mol. The van der Waals surface area contributed by atoms with Crippen molar-refractivity contribution in [3.05, 3.63) is 36.2 Å². The Morgan fingerprint density at radius 3 is 2.81 bits per heavy atom. The summed E-state index contributed by atoms with van der Waals surface area (Å²) < 4.78 is 0. The zero-order valence-electron chi connectivity index (χ0n) is 9.98. The van der Waals surface area contributed by atoms with E-state index in [0.717, 1.165) is 25.2 Å². The molecule has 3 nitrogen and oxygen atoms in total. The lowest BCUT2D eigenvalue weighted by molar-refractivity contribution is 0.632. The third-order valence-electron chi connectivity index (χ3n) is 3.07. The number of rotatable bonds is 3. The van der Waals surface area contributed by atoms with Crippen molar-refractivity contribution in [3.8, 4) is 0 Å². The summed E-state index contributed by atoms with van der Waals surface area (Å²) in [7, 11) is 1.95. The van der Waals surface area contributed by atoms with Gasteiger partial charge >= 0.3 is 0 Å². The smallest absolute Gasteiger partial charge is 0.0571 e. The van der Waals surface area contributed by atoms with Crippen LogP contribution in [0.2, 0.25) is 0 Å². The summed E-state index contributed by atoms with van der Waals surface area (Å²) in [5, 5.41) is 3.19. The van der Waals surface area contributed by atoms with E-state index in [4.69, 9.17) is 0 Å². The molecule has 3 heteroatoms. The number of nitrogens with one attached hydrogen (secondary N) is 1. The van der Waals surface area contributed by atoms with Crippen LogP contribution in [0.4, 0.5) is 5.69 Å². The first-order chi connectivity index (χ1) is 7.81. The predicted octanol–water partition coefficient (Wildman–Crippen LogP) is 2.13. The Labute approximate surface area is 97.2 Å². The lowest BCUT2D eigenvalue weighted by Gasteiger charge is -2.25. The van der Waals surface area contributed by atoms with Crippen LogP contribution in [-0.4, -0.2) is 25.1 Å². The molecule has 1 unspecified atom stereocenters. The minimum absolute atomic E-state index is 0.315. The van der Waals surface area contributed by atoms with Gasteiger partial charge in [0.2, 0.25) is 0 Å². The molecule has 1 atom stereocenters. The van der Waals surface area contributed by atoms with Crippen molar-refractivity contribution in [2.24, 2.45) is 0 Å². The van der Waals surface area contributed by atoms with Crippen molar-refractivity contribution in [1.29, 1.82) is 0 Å². The van der Waals surface area contributed by atoms with E-state index in [-0.39, 0.29) is 0 Å². The van der Waals surface area contributed by atoms with E-state index in [9.17, 15) is 0 Å². The van der Waals surface area contributed by atoms with Crippen LogP contribution in [-0.2, 0) is 0 Å². The van der Waals surface area contributed by atoms with Crippen LogP contribution in [0.3, 0.4) is 0 Å². The van der Waals surface area contributed by atoms with Gasteiger partial charge in [-0.05, 0) is 32.5 Å². The number of anilines is 1. The summed E-state index contributed by atoms with van der Waals surface area (Å²) in [6.45, 7) is 4.22. The minimum atomic E-state index is 0.315.